The fourth-order valence-electron chi connectivity index (χ4n) is 12.3. The van der Waals surface area contributed by atoms with E-state index in [1.165, 1.54) is 24.0 Å². The molecule has 0 unspecified atom stereocenters. The van der Waals surface area contributed by atoms with Crippen molar-refractivity contribution in [1.82, 2.24) is 9.80 Å². The summed E-state index contributed by atoms with van der Waals surface area (Å²) >= 11 is 0. The largest absolute Gasteiger partial charge is 0.497 e. The van der Waals surface area contributed by atoms with Gasteiger partial charge in [0.1, 0.15) is 22.7 Å². The fourth-order valence-corrected chi connectivity index (χ4v) is 12.3. The predicted octanol–water partition coefficient (Wildman–Crippen LogP) is 1.37. The molecule has 6 fully saturated rings. The van der Waals surface area contributed by atoms with Crippen LogP contribution < -0.4 is 9.47 Å². The summed E-state index contributed by atoms with van der Waals surface area (Å²) in [6.07, 6.45) is 0. The maximum absolute atomic E-state index is 14.7. The Morgan fingerprint density at radius 1 is 0.537 bits per heavy atom. The lowest BCUT2D eigenvalue weighted by atomic mass is 9.16. The molecule has 14 heteroatoms. The Kier molecular flexibility index (Phi) is 8.55. The van der Waals surface area contributed by atoms with Gasteiger partial charge in [-0.15, -0.1) is 0 Å². The second kappa shape index (κ2) is 12.1. The molecule has 6 aliphatic rings. The number of hydrogen-bond donors (Lipinski definition) is 4. The van der Waals surface area contributed by atoms with Crippen LogP contribution in [0.2, 0.25) is 0 Å². The molecule has 2 aliphatic carbocycles. The molecule has 2 aromatic rings. The van der Waals surface area contributed by atoms with E-state index >= 15 is 0 Å². The highest BCUT2D eigenvalue weighted by Crippen LogP contribution is 2.91. The van der Waals surface area contributed by atoms with E-state index in [0.29, 0.717) is 22.6 Å². The van der Waals surface area contributed by atoms with E-state index in [1.807, 2.05) is 0 Å². The highest BCUT2D eigenvalue weighted by Gasteiger charge is 3.01. The van der Waals surface area contributed by atoms with Gasteiger partial charge in [-0.05, 0) is 76.9 Å². The van der Waals surface area contributed by atoms with Gasteiger partial charge < -0.3 is 49.2 Å². The normalized spacial score (nSPS) is 35.5. The van der Waals surface area contributed by atoms with Gasteiger partial charge >= 0.3 is 23.8 Å². The number of esters is 2. The van der Waals surface area contributed by atoms with Gasteiger partial charge in [0.15, 0.2) is 0 Å². The summed E-state index contributed by atoms with van der Waals surface area (Å²) in [5.41, 5.74) is -7.09. The van der Waals surface area contributed by atoms with Crippen LogP contribution in [0, 0.1) is 21.7 Å². The average Bonchev–Trinajstić information content (AvgIpc) is 3.11. The summed E-state index contributed by atoms with van der Waals surface area (Å²) in [6.45, 7) is 6.99. The summed E-state index contributed by atoms with van der Waals surface area (Å²) in [7, 11) is 3.03. The summed E-state index contributed by atoms with van der Waals surface area (Å²) in [5, 5.41) is 47.7. The molecular weight excluding hydrogens is 700 g/mol. The Morgan fingerprint density at radius 2 is 0.796 bits per heavy atom. The number of carbonyl (C=O) groups is 4. The van der Waals surface area contributed by atoms with E-state index in [2.05, 4.69) is 0 Å². The van der Waals surface area contributed by atoms with Crippen LogP contribution in [0.4, 0.5) is 0 Å². The molecule has 54 heavy (non-hydrogen) atoms. The third-order valence-corrected chi connectivity index (χ3v) is 12.9. The van der Waals surface area contributed by atoms with Crippen molar-refractivity contribution in [2.75, 3.05) is 40.6 Å². The lowest BCUT2D eigenvalue weighted by Gasteiger charge is -2.97. The van der Waals surface area contributed by atoms with Gasteiger partial charge in [0, 0.05) is 33.5 Å². The maximum Gasteiger partial charge on any atom is 0.397 e. The number of benzene rings is 2. The van der Waals surface area contributed by atoms with Crippen molar-refractivity contribution in [3.63, 3.8) is 0 Å². The molecule has 8 bridgehead atoms. The van der Waals surface area contributed by atoms with Crippen molar-refractivity contribution in [2.45, 2.75) is 88.7 Å². The molecule has 4 heterocycles. The Bertz CT molecular complexity index is 1660. The zero-order valence-corrected chi connectivity index (χ0v) is 31.9. The molecule has 0 radical (unpaired) electrons. The number of carbonyl (C=O) groups excluding carboxylic acids is 4. The fraction of sp³-hybridized carbons (Fsp3) is 0.600. The van der Waals surface area contributed by atoms with Crippen LogP contribution in [-0.4, -0.2) is 130 Å². The van der Waals surface area contributed by atoms with Gasteiger partial charge in [-0.2, -0.15) is 0 Å². The van der Waals surface area contributed by atoms with Crippen LogP contribution in [0.1, 0.15) is 64.5 Å². The molecule has 292 valence electrons. The van der Waals surface area contributed by atoms with Gasteiger partial charge in [0.05, 0.1) is 64.8 Å². The van der Waals surface area contributed by atoms with Crippen LogP contribution in [0.15, 0.2) is 48.5 Å². The molecular formula is C40H50N2O12. The van der Waals surface area contributed by atoms with Crippen LogP contribution >= 0.6 is 0 Å². The molecule has 2 saturated carbocycles. The van der Waals surface area contributed by atoms with Crippen LogP contribution in [0.25, 0.3) is 0 Å². The molecule has 4 aliphatic heterocycles. The first-order chi connectivity index (χ1) is 25.4. The van der Waals surface area contributed by atoms with Crippen LogP contribution in [-0.2, 0) is 28.7 Å². The van der Waals surface area contributed by atoms with Crippen molar-refractivity contribution in [3.05, 3.63) is 59.7 Å². The van der Waals surface area contributed by atoms with Crippen molar-refractivity contribution < 1.29 is 58.6 Å². The number of piperidine rings is 4. The number of hydrogen-bond acceptors (Lipinski definition) is 12. The number of rotatable bonds is 8. The Balaban J connectivity index is 1.57. The quantitative estimate of drug-likeness (QED) is 0.224. The number of aliphatic hydroxyl groups is 4. The zero-order valence-electron chi connectivity index (χ0n) is 31.9. The van der Waals surface area contributed by atoms with Crippen molar-refractivity contribution in [2.24, 2.45) is 21.7 Å². The molecule has 0 atom stereocenters. The van der Waals surface area contributed by atoms with Crippen LogP contribution in [0.5, 0.6) is 11.5 Å². The first kappa shape index (κ1) is 38.1. The van der Waals surface area contributed by atoms with E-state index in [1.54, 1.807) is 90.1 Å². The first-order valence-corrected chi connectivity index (χ1v) is 18.2. The summed E-state index contributed by atoms with van der Waals surface area (Å²) in [6, 6.07) is 9.41. The third kappa shape index (κ3) is 4.42. The van der Waals surface area contributed by atoms with E-state index < -0.39 is 119 Å². The highest BCUT2D eigenvalue weighted by molar-refractivity contribution is 6.34. The van der Waals surface area contributed by atoms with Crippen molar-refractivity contribution in [1.29, 1.82) is 0 Å². The SMILES string of the molecule is COc1ccc(C2C3(CO)C4N(C(=O)C(=O)OC(C)(C)C)C5C2(CO)C2N(C(=O)C(=O)OC(C)(C)C)C3C4(CO)C(c3ccc(OC)cc3)C52CO)cc1. The number of ether oxygens (including phenoxy) is 4. The van der Waals surface area contributed by atoms with Gasteiger partial charge in [-0.25, -0.2) is 9.59 Å². The molecule has 14 nitrogen and oxygen atoms in total. The minimum atomic E-state index is -1.56. The Morgan fingerprint density at radius 3 is 1.00 bits per heavy atom. The molecule has 2 amide bonds. The number of amides is 2. The molecule has 2 aromatic carbocycles. The Labute approximate surface area is 313 Å². The van der Waals surface area contributed by atoms with E-state index in [4.69, 9.17) is 18.9 Å². The first-order valence-electron chi connectivity index (χ1n) is 18.2. The number of methoxy groups -OCH3 is 2. The van der Waals surface area contributed by atoms with Gasteiger partial charge in [0.2, 0.25) is 0 Å². The lowest BCUT2D eigenvalue weighted by Crippen LogP contribution is -3.08. The minimum Gasteiger partial charge on any atom is -0.497 e. The topological polar surface area (TPSA) is 193 Å². The maximum atomic E-state index is 14.7. The van der Waals surface area contributed by atoms with Crippen LogP contribution in [0.3, 0.4) is 0 Å². The molecule has 4 N–H and O–H groups in total. The second-order valence-electron chi connectivity index (χ2n) is 17.5. The zero-order chi connectivity index (χ0) is 39.6. The van der Waals surface area contributed by atoms with E-state index in [9.17, 15) is 39.6 Å². The number of aliphatic hydroxyl groups excluding tert-OH is 4. The van der Waals surface area contributed by atoms with Gasteiger partial charge in [-0.3, -0.25) is 9.59 Å². The van der Waals surface area contributed by atoms with E-state index in [0.717, 1.165) is 0 Å². The minimum absolute atomic E-state index is 0.538. The third-order valence-electron chi connectivity index (χ3n) is 12.9. The molecule has 0 spiro atoms. The average molecular weight is 751 g/mol. The van der Waals surface area contributed by atoms with Crippen molar-refractivity contribution in [3.8, 4) is 11.5 Å². The summed E-state index contributed by atoms with van der Waals surface area (Å²) in [5.74, 6) is -5.02. The molecule has 4 saturated heterocycles. The highest BCUT2D eigenvalue weighted by atomic mass is 16.6. The van der Waals surface area contributed by atoms with Crippen molar-refractivity contribution >= 4 is 23.8 Å². The van der Waals surface area contributed by atoms with E-state index in [-0.39, 0.29) is 0 Å². The smallest absolute Gasteiger partial charge is 0.397 e. The molecule has 8 rings (SSSR count). The standard InChI is InChI=1S/C40H50N2O12/c1-35(2,3)53-29(49)27(47)41-31-37(17-43)25(21-9-13-23(51-7)14-10-21)38(18-44)32(41)40(20-46)26(22-11-15-24(52-8)16-12-22)39(31,19-45)33(37)42(34(38)40)28(48)30(50)54-36(4,5)6/h9-16,25-26,31-34,43-46H,17-20H2,1-8H3. The summed E-state index contributed by atoms with van der Waals surface area (Å²) < 4.78 is 22.1. The van der Waals surface area contributed by atoms with Gasteiger partial charge in [0.25, 0.3) is 0 Å². The Hall–Kier alpha value is -4.24. The summed E-state index contributed by atoms with van der Waals surface area (Å²) in [4.78, 5) is 59.8. The van der Waals surface area contributed by atoms with Gasteiger partial charge in [-0.1, -0.05) is 24.3 Å². The number of nitrogens with zero attached hydrogens (tertiary/aromatic N) is 2. The monoisotopic (exact) mass is 750 g/mol. The lowest BCUT2D eigenvalue weighted by molar-refractivity contribution is -0.474. The second-order valence-corrected chi connectivity index (χ2v) is 17.5. The molecule has 0 aromatic heterocycles. The predicted molar refractivity (Wildman–Crippen MR) is 190 cm³/mol.